The predicted molar refractivity (Wildman–Crippen MR) is 297 cm³/mol. The smallest absolute Gasteiger partial charge is 0.261 e. The number of fused-ring (bicyclic) bond motifs is 2. The second-order valence-corrected chi connectivity index (χ2v) is 24.4. The van der Waals surface area contributed by atoms with E-state index in [1.165, 1.54) is 128 Å². The highest BCUT2D eigenvalue weighted by Gasteiger charge is 2.43. The third-order valence-corrected chi connectivity index (χ3v) is 20.2. The minimum atomic E-state index is -0.164. The topological polar surface area (TPSA) is 74.8 Å². The van der Waals surface area contributed by atoms with Gasteiger partial charge in [0.1, 0.15) is 0 Å². The molecule has 0 unspecified atom stereocenters. The van der Waals surface area contributed by atoms with E-state index in [0.717, 1.165) is 165 Å². The van der Waals surface area contributed by atoms with E-state index < -0.39 is 0 Å². The van der Waals surface area contributed by atoms with E-state index in [1.807, 2.05) is 0 Å². The molecule has 4 amide bonds. The first kappa shape index (κ1) is 49.9. The van der Waals surface area contributed by atoms with Crippen molar-refractivity contribution >= 4 is 66.7 Å². The summed E-state index contributed by atoms with van der Waals surface area (Å²) in [6.07, 6.45) is 35.6. The molecular formula is C66H86N2O4. The zero-order valence-corrected chi connectivity index (χ0v) is 44.9. The molecule has 0 N–H and O–H groups in total. The van der Waals surface area contributed by atoms with Crippen LogP contribution >= 0.6 is 0 Å². The molecule has 0 spiro atoms. The highest BCUT2D eigenvalue weighted by Crippen LogP contribution is 2.51. The SMILES string of the molecule is CCC(CC)N1C(=O)c2c(CCC3CCCCC3)cc3c4cc(CCC5CCCCC5)c5c6c(c(CCC7CCCCC7)cc(c7cc(CCC8CCCCC8)c(c2c37)C1=O)c64)C(=O)N(C(CC)CC)C5=O. The van der Waals surface area contributed by atoms with Gasteiger partial charge in [-0.1, -0.05) is 156 Å². The highest BCUT2D eigenvalue weighted by atomic mass is 16.2. The molecule has 6 nitrogen and oxygen atoms in total. The van der Waals surface area contributed by atoms with Crippen molar-refractivity contribution < 1.29 is 19.2 Å². The summed E-state index contributed by atoms with van der Waals surface area (Å²) >= 11 is 0. The van der Waals surface area contributed by atoms with Gasteiger partial charge in [-0.2, -0.15) is 0 Å². The van der Waals surface area contributed by atoms with Crippen LogP contribution < -0.4 is 0 Å². The lowest BCUT2D eigenvalue weighted by Crippen LogP contribution is -2.47. The van der Waals surface area contributed by atoms with Crippen LogP contribution in [0, 0.1) is 23.7 Å². The zero-order chi connectivity index (χ0) is 49.6. The molecule has 4 saturated carbocycles. The van der Waals surface area contributed by atoms with Gasteiger partial charge in [-0.25, -0.2) is 0 Å². The number of nitrogens with zero attached hydrogens (tertiary/aromatic N) is 2. The standard InChI is InChI=1S/C66H86N2O4/c1-5-49(6-2)67-63(69)55-45(33-29-41-21-13-9-14-22-41)37-51-53-39-47(35-31-43-25-17-11-18-26-43)57-62-58(66(72)68(65(57)71)50(7-3)8-4)48(36-32-44-27-19-12-20-28-44)40-54(60(53)62)52-38-46(34-30-42-23-15-10-16-24-42)56(64(67)70)61(55)59(51)52/h37-44,49-50H,5-36H2,1-4H3. The first-order chi connectivity index (χ1) is 35.2. The third-order valence-electron chi connectivity index (χ3n) is 20.2. The fourth-order valence-electron chi connectivity index (χ4n) is 16.1. The van der Waals surface area contributed by atoms with Crippen LogP contribution in [0.1, 0.15) is 271 Å². The summed E-state index contributed by atoms with van der Waals surface area (Å²) in [6, 6.07) is 9.22. The first-order valence-electron chi connectivity index (χ1n) is 30.3. The summed E-state index contributed by atoms with van der Waals surface area (Å²) in [4.78, 5) is 66.1. The molecule has 5 aromatic rings. The number of carbonyl (C=O) groups excluding carboxylic acids is 4. The monoisotopic (exact) mass is 971 g/mol. The van der Waals surface area contributed by atoms with Gasteiger partial charge in [0.25, 0.3) is 23.6 Å². The molecule has 2 aliphatic heterocycles. The summed E-state index contributed by atoms with van der Waals surface area (Å²) in [5.41, 5.74) is 7.46. The number of aryl methyl sites for hydroxylation is 4. The Balaban J connectivity index is 1.24. The van der Waals surface area contributed by atoms with Gasteiger partial charge in [-0.05, 0) is 180 Å². The Morgan fingerprint density at radius 3 is 0.778 bits per heavy atom. The molecule has 2 heterocycles. The number of benzene rings is 5. The fraction of sp³-hybridized carbons (Fsp3) is 0.636. The number of rotatable bonds is 18. The predicted octanol–water partition coefficient (Wildman–Crippen LogP) is 17.4. The molecule has 0 saturated heterocycles. The Bertz CT molecular complexity index is 2470. The second-order valence-electron chi connectivity index (χ2n) is 24.4. The van der Waals surface area contributed by atoms with Gasteiger partial charge in [-0.15, -0.1) is 0 Å². The minimum absolute atomic E-state index is 0.100. The van der Waals surface area contributed by atoms with E-state index >= 15 is 19.2 Å². The van der Waals surface area contributed by atoms with Crippen molar-refractivity contribution in [3.05, 3.63) is 68.8 Å². The van der Waals surface area contributed by atoms with Gasteiger partial charge in [0, 0.05) is 22.9 Å². The highest BCUT2D eigenvalue weighted by molar-refractivity contribution is 6.42. The number of carbonyl (C=O) groups is 4. The Hall–Kier alpha value is -4.32. The van der Waals surface area contributed by atoms with Crippen LogP contribution in [0.4, 0.5) is 0 Å². The molecule has 0 atom stereocenters. The maximum atomic E-state index is 15.7. The van der Waals surface area contributed by atoms with Crippen LogP contribution in [0.25, 0.3) is 43.1 Å². The first-order valence-corrected chi connectivity index (χ1v) is 30.3. The van der Waals surface area contributed by atoms with Gasteiger partial charge >= 0.3 is 0 Å². The number of hydrogen-bond donors (Lipinski definition) is 0. The van der Waals surface area contributed by atoms with Crippen LogP contribution in [0.3, 0.4) is 0 Å². The van der Waals surface area contributed by atoms with Crippen molar-refractivity contribution in [1.29, 1.82) is 0 Å². The summed E-state index contributed by atoms with van der Waals surface area (Å²) in [6.45, 7) is 8.52. The fourth-order valence-corrected chi connectivity index (χ4v) is 16.1. The van der Waals surface area contributed by atoms with E-state index in [2.05, 4.69) is 52.0 Å². The maximum absolute atomic E-state index is 15.7. The largest absolute Gasteiger partial charge is 0.271 e. The summed E-state index contributed by atoms with van der Waals surface area (Å²) in [5.74, 6) is 2.12. The Morgan fingerprint density at radius 1 is 0.347 bits per heavy atom. The van der Waals surface area contributed by atoms with Gasteiger partial charge in [0.05, 0.1) is 22.3 Å². The third kappa shape index (κ3) is 8.90. The summed E-state index contributed by atoms with van der Waals surface area (Å²) in [7, 11) is 0. The van der Waals surface area contributed by atoms with E-state index in [0.29, 0.717) is 23.7 Å². The van der Waals surface area contributed by atoms with Crippen molar-refractivity contribution in [1.82, 2.24) is 9.80 Å². The molecule has 0 radical (unpaired) electrons. The molecule has 384 valence electrons. The van der Waals surface area contributed by atoms with E-state index in [9.17, 15) is 0 Å². The average Bonchev–Trinajstić information content (AvgIpc) is 3.42. The molecule has 6 aliphatic rings. The van der Waals surface area contributed by atoms with Crippen LogP contribution in [0.2, 0.25) is 0 Å². The van der Waals surface area contributed by atoms with Crippen LogP contribution in [0.15, 0.2) is 24.3 Å². The van der Waals surface area contributed by atoms with Gasteiger partial charge in [-0.3, -0.25) is 29.0 Å². The molecule has 4 fully saturated rings. The van der Waals surface area contributed by atoms with Crippen LogP contribution in [-0.4, -0.2) is 45.5 Å². The molecule has 4 aliphatic carbocycles. The summed E-state index contributed by atoms with van der Waals surface area (Å²) in [5, 5.41) is 8.29. The number of amides is 4. The van der Waals surface area contributed by atoms with Crippen LogP contribution in [-0.2, 0) is 25.7 Å². The van der Waals surface area contributed by atoms with Crippen molar-refractivity contribution in [2.45, 2.75) is 245 Å². The maximum Gasteiger partial charge on any atom is 0.261 e. The van der Waals surface area contributed by atoms with Crippen molar-refractivity contribution in [3.8, 4) is 0 Å². The van der Waals surface area contributed by atoms with Gasteiger partial charge in [0.2, 0.25) is 0 Å². The van der Waals surface area contributed by atoms with E-state index in [1.54, 1.807) is 9.80 Å². The summed E-state index contributed by atoms with van der Waals surface area (Å²) < 4.78 is 0. The van der Waals surface area contributed by atoms with Gasteiger partial charge < -0.3 is 0 Å². The minimum Gasteiger partial charge on any atom is -0.271 e. The molecule has 0 bridgehead atoms. The zero-order valence-electron chi connectivity index (χ0n) is 44.9. The lowest BCUT2D eigenvalue weighted by molar-refractivity contribution is 0.0513. The molecule has 11 rings (SSSR count). The molecular weight excluding hydrogens is 885 g/mol. The lowest BCUT2D eigenvalue weighted by atomic mass is 9.75. The quantitative estimate of drug-likeness (QED) is 0.0498. The average molecular weight is 971 g/mol. The molecule has 6 heteroatoms. The normalized spacial score (nSPS) is 20.1. The molecule has 5 aromatic carbocycles. The Kier molecular flexibility index (Phi) is 14.9. The Labute approximate surface area is 431 Å². The number of imide groups is 2. The number of hydrogen-bond acceptors (Lipinski definition) is 4. The second kappa shape index (κ2) is 21.5. The Morgan fingerprint density at radius 2 is 0.569 bits per heavy atom. The van der Waals surface area contributed by atoms with Crippen molar-refractivity contribution in [2.24, 2.45) is 23.7 Å². The van der Waals surface area contributed by atoms with Gasteiger partial charge in [0.15, 0.2) is 0 Å². The van der Waals surface area contributed by atoms with Crippen molar-refractivity contribution in [2.75, 3.05) is 0 Å². The van der Waals surface area contributed by atoms with E-state index in [4.69, 9.17) is 0 Å². The van der Waals surface area contributed by atoms with Crippen LogP contribution in [0.5, 0.6) is 0 Å². The lowest BCUT2D eigenvalue weighted by Gasteiger charge is -2.37. The molecule has 0 aromatic heterocycles. The van der Waals surface area contributed by atoms with E-state index in [-0.39, 0.29) is 35.7 Å². The molecule has 72 heavy (non-hydrogen) atoms. The van der Waals surface area contributed by atoms with Crippen molar-refractivity contribution in [3.63, 3.8) is 0 Å².